The molecule has 1 aromatic carbocycles. The highest BCUT2D eigenvalue weighted by Gasteiger charge is 2.11. The summed E-state index contributed by atoms with van der Waals surface area (Å²) in [7, 11) is 2.81. The van der Waals surface area contributed by atoms with Crippen molar-refractivity contribution in [2.45, 2.75) is 0 Å². The maximum atomic E-state index is 10.6. The molecule has 102 valence electrons. The average Bonchev–Trinajstić information content (AvgIpc) is 2.35. The van der Waals surface area contributed by atoms with Crippen molar-refractivity contribution in [3.63, 3.8) is 0 Å². The number of ether oxygens (including phenoxy) is 1. The summed E-state index contributed by atoms with van der Waals surface area (Å²) in [6, 6.07) is 3.86. The van der Waals surface area contributed by atoms with Gasteiger partial charge in [0.2, 0.25) is 0 Å². The predicted octanol–water partition coefficient (Wildman–Crippen LogP) is 1.62. The highest BCUT2D eigenvalue weighted by Crippen LogP contribution is 2.31. The number of nitro groups is 1. The summed E-state index contributed by atoms with van der Waals surface area (Å²) < 4.78 is 4.98. The first kappa shape index (κ1) is 14.4. The number of likely N-dealkylation sites (N-methyl/N-ethyl adjacent to an activating group) is 1. The molecule has 1 N–H and O–H groups in total. The Morgan fingerprint density at radius 1 is 1.58 bits per heavy atom. The summed E-state index contributed by atoms with van der Waals surface area (Å²) >= 11 is 0. The first-order chi connectivity index (χ1) is 8.93. The second kappa shape index (κ2) is 6.28. The molecule has 0 aliphatic heterocycles. The first-order valence-corrected chi connectivity index (χ1v) is 5.11. The summed E-state index contributed by atoms with van der Waals surface area (Å²) in [5.41, 5.74) is -0.00965. The van der Waals surface area contributed by atoms with Gasteiger partial charge in [0.05, 0.1) is 12.0 Å². The smallest absolute Gasteiger partial charge is 0.324 e. The van der Waals surface area contributed by atoms with E-state index in [1.807, 2.05) is 0 Å². The van der Waals surface area contributed by atoms with Crippen LogP contribution in [0, 0.1) is 10.1 Å². The van der Waals surface area contributed by atoms with Gasteiger partial charge in [-0.15, -0.1) is 5.11 Å². The fourth-order valence-corrected chi connectivity index (χ4v) is 1.22. The zero-order valence-electron chi connectivity index (χ0n) is 10.3. The minimum absolute atomic E-state index is 0.147. The van der Waals surface area contributed by atoms with E-state index < -0.39 is 10.9 Å². The zero-order valence-corrected chi connectivity index (χ0v) is 10.3. The lowest BCUT2D eigenvalue weighted by atomic mass is 10.2. The number of hydrogen-bond donors (Lipinski definition) is 1. The van der Waals surface area contributed by atoms with E-state index in [0.29, 0.717) is 5.75 Å². The Balaban J connectivity index is 2.97. The molecule has 9 nitrogen and oxygen atoms in total. The third-order valence-corrected chi connectivity index (χ3v) is 2.04. The molecule has 19 heavy (non-hydrogen) atoms. The van der Waals surface area contributed by atoms with Gasteiger partial charge in [0.25, 0.3) is 5.69 Å². The molecule has 0 saturated heterocycles. The molecule has 0 aromatic heterocycles. The second-order valence-electron chi connectivity index (χ2n) is 3.51. The van der Waals surface area contributed by atoms with Gasteiger partial charge in [0, 0.05) is 19.2 Å². The molecule has 0 aliphatic rings. The predicted molar refractivity (Wildman–Crippen MR) is 64.4 cm³/mol. The molecule has 1 aromatic rings. The van der Waals surface area contributed by atoms with Crippen molar-refractivity contribution >= 4 is 17.3 Å². The van der Waals surface area contributed by atoms with E-state index in [9.17, 15) is 14.9 Å². The van der Waals surface area contributed by atoms with Gasteiger partial charge in [0.1, 0.15) is 18.0 Å². The lowest BCUT2D eigenvalue weighted by Gasteiger charge is -2.08. The Hall–Kier alpha value is -2.71. The molecule has 0 aliphatic carbocycles. The SMILES string of the molecule is COc1ccc([N+](=O)[O-])cc1/N=N/N(C)CC(=O)O. The normalized spacial score (nSPS) is 10.4. The number of non-ortho nitro benzene ring substituents is 1. The summed E-state index contributed by atoms with van der Waals surface area (Å²) in [5, 5.41) is 27.6. The number of carboxylic acid groups (broad SMARTS) is 1. The van der Waals surface area contributed by atoms with Gasteiger partial charge in [-0.1, -0.05) is 5.22 Å². The highest BCUT2D eigenvalue weighted by atomic mass is 16.6. The molecule has 0 atom stereocenters. The van der Waals surface area contributed by atoms with E-state index in [1.165, 1.54) is 32.4 Å². The fourth-order valence-electron chi connectivity index (χ4n) is 1.22. The minimum Gasteiger partial charge on any atom is -0.494 e. The Bertz CT molecular complexity index is 517. The highest BCUT2D eigenvalue weighted by molar-refractivity contribution is 5.68. The maximum absolute atomic E-state index is 10.6. The number of nitro benzene ring substituents is 1. The first-order valence-electron chi connectivity index (χ1n) is 5.11. The Labute approximate surface area is 108 Å². The molecule has 0 unspecified atom stereocenters. The molecule has 9 heteroatoms. The second-order valence-corrected chi connectivity index (χ2v) is 3.51. The van der Waals surface area contributed by atoms with E-state index in [4.69, 9.17) is 9.84 Å². The minimum atomic E-state index is -1.06. The molecule has 0 fully saturated rings. The molecule has 1 rings (SSSR count). The van der Waals surface area contributed by atoms with Crippen molar-refractivity contribution in [2.75, 3.05) is 20.7 Å². The van der Waals surface area contributed by atoms with Gasteiger partial charge in [-0.2, -0.15) is 0 Å². The summed E-state index contributed by atoms with van der Waals surface area (Å²) in [4.78, 5) is 20.5. The number of methoxy groups -OCH3 is 1. The number of benzene rings is 1. The van der Waals surface area contributed by atoms with Crippen molar-refractivity contribution in [1.82, 2.24) is 5.01 Å². The van der Waals surface area contributed by atoms with Crippen LogP contribution in [0.5, 0.6) is 5.75 Å². The Kier molecular flexibility index (Phi) is 4.75. The number of nitrogens with zero attached hydrogens (tertiary/aromatic N) is 4. The molecular weight excluding hydrogens is 256 g/mol. The zero-order chi connectivity index (χ0) is 14.4. The van der Waals surface area contributed by atoms with Crippen LogP contribution in [-0.4, -0.2) is 41.7 Å². The standard InChI is InChI=1S/C10H12N4O5/c1-13(6-10(15)16)12-11-8-5-7(14(17)18)3-4-9(8)19-2/h3-5H,6H2,1-2H3,(H,15,16)/b12-11+. The topological polar surface area (TPSA) is 118 Å². The van der Waals surface area contributed by atoms with Crippen LogP contribution < -0.4 is 4.74 Å². The third-order valence-electron chi connectivity index (χ3n) is 2.04. The third kappa shape index (κ3) is 4.22. The van der Waals surface area contributed by atoms with Crippen LogP contribution in [0.3, 0.4) is 0 Å². The van der Waals surface area contributed by atoms with Gasteiger partial charge < -0.3 is 9.84 Å². The van der Waals surface area contributed by atoms with Gasteiger partial charge in [-0.05, 0) is 6.07 Å². The van der Waals surface area contributed by atoms with Crippen LogP contribution >= 0.6 is 0 Å². The number of carboxylic acids is 1. The molecule has 0 radical (unpaired) electrons. The fraction of sp³-hybridized carbons (Fsp3) is 0.300. The number of hydrogen-bond acceptors (Lipinski definition) is 6. The number of aliphatic carboxylic acids is 1. The van der Waals surface area contributed by atoms with Crippen molar-refractivity contribution in [3.8, 4) is 5.75 Å². The Morgan fingerprint density at radius 3 is 2.79 bits per heavy atom. The quantitative estimate of drug-likeness (QED) is 0.475. The van der Waals surface area contributed by atoms with Crippen LogP contribution in [0.25, 0.3) is 0 Å². The lowest BCUT2D eigenvalue weighted by Crippen LogP contribution is -2.19. The molecular formula is C10H12N4O5. The molecule has 0 spiro atoms. The number of carbonyl (C=O) groups is 1. The summed E-state index contributed by atoms with van der Waals surface area (Å²) in [6.45, 7) is -0.333. The monoisotopic (exact) mass is 268 g/mol. The molecule has 0 amide bonds. The van der Waals surface area contributed by atoms with E-state index in [-0.39, 0.29) is 17.9 Å². The maximum Gasteiger partial charge on any atom is 0.324 e. The molecule has 0 bridgehead atoms. The lowest BCUT2D eigenvalue weighted by molar-refractivity contribution is -0.384. The van der Waals surface area contributed by atoms with Gasteiger partial charge in [-0.3, -0.25) is 19.9 Å². The van der Waals surface area contributed by atoms with E-state index in [1.54, 1.807) is 0 Å². The van der Waals surface area contributed by atoms with E-state index in [0.717, 1.165) is 5.01 Å². The van der Waals surface area contributed by atoms with Crippen LogP contribution in [-0.2, 0) is 4.79 Å². The van der Waals surface area contributed by atoms with Gasteiger partial charge in [-0.25, -0.2) is 0 Å². The van der Waals surface area contributed by atoms with Crippen molar-refractivity contribution in [1.29, 1.82) is 0 Å². The summed E-state index contributed by atoms with van der Waals surface area (Å²) in [5.74, 6) is -0.759. The van der Waals surface area contributed by atoms with E-state index >= 15 is 0 Å². The summed E-state index contributed by atoms with van der Waals surface area (Å²) in [6.07, 6.45) is 0. The largest absolute Gasteiger partial charge is 0.494 e. The van der Waals surface area contributed by atoms with Crippen LogP contribution in [0.1, 0.15) is 0 Å². The van der Waals surface area contributed by atoms with Crippen LogP contribution in [0.4, 0.5) is 11.4 Å². The van der Waals surface area contributed by atoms with Crippen molar-refractivity contribution < 1.29 is 19.6 Å². The van der Waals surface area contributed by atoms with Gasteiger partial charge >= 0.3 is 5.97 Å². The molecule has 0 saturated carbocycles. The van der Waals surface area contributed by atoms with Crippen LogP contribution in [0.2, 0.25) is 0 Å². The van der Waals surface area contributed by atoms with Crippen LogP contribution in [0.15, 0.2) is 28.5 Å². The van der Waals surface area contributed by atoms with Crippen molar-refractivity contribution in [3.05, 3.63) is 28.3 Å². The van der Waals surface area contributed by atoms with Crippen molar-refractivity contribution in [2.24, 2.45) is 10.3 Å². The number of rotatable bonds is 6. The van der Waals surface area contributed by atoms with Gasteiger partial charge in [0.15, 0.2) is 0 Å². The average molecular weight is 268 g/mol. The molecule has 0 heterocycles. The van der Waals surface area contributed by atoms with E-state index in [2.05, 4.69) is 10.3 Å². The Morgan fingerprint density at radius 2 is 2.26 bits per heavy atom.